The Morgan fingerprint density at radius 3 is 1.88 bits per heavy atom. The number of aryl methyl sites for hydroxylation is 2. The highest BCUT2D eigenvalue weighted by atomic mass is 16.3. The van der Waals surface area contributed by atoms with Crippen LogP contribution in [0, 0.1) is 13.8 Å². The van der Waals surface area contributed by atoms with Crippen molar-refractivity contribution in [2.75, 3.05) is 0 Å². The Morgan fingerprint density at radius 2 is 1.33 bits per heavy atom. The molecule has 24 heavy (non-hydrogen) atoms. The van der Waals surface area contributed by atoms with Gasteiger partial charge in [-0.2, -0.15) is 0 Å². The van der Waals surface area contributed by atoms with E-state index >= 15 is 0 Å². The molecule has 128 valence electrons. The Labute approximate surface area is 146 Å². The minimum absolute atomic E-state index is 0.167. The predicted molar refractivity (Wildman–Crippen MR) is 102 cm³/mol. The maximum atomic E-state index is 11.0. The van der Waals surface area contributed by atoms with Crippen molar-refractivity contribution in [2.24, 2.45) is 0 Å². The zero-order valence-corrected chi connectivity index (χ0v) is 15.9. The lowest BCUT2D eigenvalue weighted by atomic mass is 9.62. The highest BCUT2D eigenvalue weighted by Crippen LogP contribution is 2.47. The largest absolute Gasteiger partial charge is 0.384 e. The molecule has 1 heteroatoms. The molecule has 0 saturated heterocycles. The quantitative estimate of drug-likeness (QED) is 0.748. The molecule has 1 N–H and O–H groups in total. The van der Waals surface area contributed by atoms with Gasteiger partial charge in [-0.25, -0.2) is 0 Å². The van der Waals surface area contributed by atoms with Gasteiger partial charge in [-0.3, -0.25) is 0 Å². The van der Waals surface area contributed by atoms with E-state index in [4.69, 9.17) is 0 Å². The van der Waals surface area contributed by atoms with Crippen LogP contribution in [0.3, 0.4) is 0 Å². The Hall–Kier alpha value is -1.60. The van der Waals surface area contributed by atoms with E-state index in [-0.39, 0.29) is 10.8 Å². The second-order valence-corrected chi connectivity index (χ2v) is 8.84. The van der Waals surface area contributed by atoms with Crippen molar-refractivity contribution in [3.63, 3.8) is 0 Å². The average Bonchev–Trinajstić information content (AvgIpc) is 2.52. The van der Waals surface area contributed by atoms with Gasteiger partial charge in [0.15, 0.2) is 0 Å². The number of aliphatic hydroxyl groups excluding tert-OH is 1. The SMILES string of the molecule is Cc1ccc(C(O)c2cc3c(cc2C)C(C)(C)CCC3(C)C)cc1. The molecule has 0 amide bonds. The fourth-order valence-corrected chi connectivity index (χ4v) is 3.96. The topological polar surface area (TPSA) is 20.2 Å². The molecule has 0 aromatic heterocycles. The van der Waals surface area contributed by atoms with Gasteiger partial charge in [0.25, 0.3) is 0 Å². The second-order valence-electron chi connectivity index (χ2n) is 8.84. The van der Waals surface area contributed by atoms with Gasteiger partial charge < -0.3 is 5.11 Å². The summed E-state index contributed by atoms with van der Waals surface area (Å²) in [6, 6.07) is 12.8. The highest BCUT2D eigenvalue weighted by molar-refractivity contribution is 5.49. The van der Waals surface area contributed by atoms with E-state index in [0.29, 0.717) is 0 Å². The van der Waals surface area contributed by atoms with E-state index in [0.717, 1.165) is 11.1 Å². The number of rotatable bonds is 2. The summed E-state index contributed by atoms with van der Waals surface area (Å²) in [6.45, 7) is 13.6. The molecule has 0 fully saturated rings. The third-order valence-electron chi connectivity index (χ3n) is 5.93. The number of hydrogen-bond acceptors (Lipinski definition) is 1. The molecule has 2 aromatic carbocycles. The zero-order valence-electron chi connectivity index (χ0n) is 15.9. The predicted octanol–water partition coefficient (Wildman–Crippen LogP) is 5.73. The number of fused-ring (bicyclic) bond motifs is 1. The van der Waals surface area contributed by atoms with E-state index in [2.05, 4.69) is 65.8 Å². The van der Waals surface area contributed by atoms with Crippen LogP contribution in [-0.2, 0) is 10.8 Å². The Bertz CT molecular complexity index is 750. The molecule has 1 unspecified atom stereocenters. The molecule has 0 heterocycles. The molecule has 1 nitrogen and oxygen atoms in total. The van der Waals surface area contributed by atoms with Gasteiger partial charge in [0.2, 0.25) is 0 Å². The second kappa shape index (κ2) is 5.74. The standard InChI is InChI=1S/C23H30O/c1-15-7-9-17(10-8-15)21(24)18-14-20-19(13-16(18)2)22(3,4)11-12-23(20,5)6/h7-10,13-14,21,24H,11-12H2,1-6H3. The summed E-state index contributed by atoms with van der Waals surface area (Å²) in [5, 5.41) is 11.0. The first kappa shape index (κ1) is 17.2. The van der Waals surface area contributed by atoms with Crippen molar-refractivity contribution >= 4 is 0 Å². The average molecular weight is 322 g/mol. The summed E-state index contributed by atoms with van der Waals surface area (Å²) >= 11 is 0. The van der Waals surface area contributed by atoms with E-state index in [1.54, 1.807) is 0 Å². The fraction of sp³-hybridized carbons (Fsp3) is 0.478. The van der Waals surface area contributed by atoms with Crippen molar-refractivity contribution in [3.8, 4) is 0 Å². The van der Waals surface area contributed by atoms with E-state index < -0.39 is 6.10 Å². The first-order valence-electron chi connectivity index (χ1n) is 9.02. The van der Waals surface area contributed by atoms with Crippen molar-refractivity contribution in [2.45, 2.75) is 71.3 Å². The monoisotopic (exact) mass is 322 g/mol. The first-order valence-corrected chi connectivity index (χ1v) is 9.02. The van der Waals surface area contributed by atoms with E-state index in [1.807, 2.05) is 12.1 Å². The van der Waals surface area contributed by atoms with Crippen LogP contribution in [0.25, 0.3) is 0 Å². The number of aliphatic hydroxyl groups is 1. The first-order chi connectivity index (χ1) is 11.1. The summed E-state index contributed by atoms with van der Waals surface area (Å²) in [4.78, 5) is 0. The number of benzene rings is 2. The van der Waals surface area contributed by atoms with Crippen molar-refractivity contribution in [3.05, 3.63) is 69.8 Å². The van der Waals surface area contributed by atoms with E-state index in [1.165, 1.54) is 35.1 Å². The van der Waals surface area contributed by atoms with Gasteiger partial charge in [-0.1, -0.05) is 69.7 Å². The number of hydrogen-bond donors (Lipinski definition) is 1. The molecular weight excluding hydrogens is 292 g/mol. The molecule has 0 bridgehead atoms. The Morgan fingerprint density at radius 1 is 0.833 bits per heavy atom. The molecule has 2 aromatic rings. The summed E-state index contributed by atoms with van der Waals surface area (Å²) in [5.74, 6) is 0. The summed E-state index contributed by atoms with van der Waals surface area (Å²) in [6.07, 6.45) is 1.85. The van der Waals surface area contributed by atoms with Crippen LogP contribution in [0.2, 0.25) is 0 Å². The minimum atomic E-state index is -0.559. The molecule has 1 atom stereocenters. The van der Waals surface area contributed by atoms with Gasteiger partial charge in [0, 0.05) is 0 Å². The highest BCUT2D eigenvalue weighted by Gasteiger charge is 2.37. The van der Waals surface area contributed by atoms with Gasteiger partial charge in [-0.15, -0.1) is 0 Å². The fourth-order valence-electron chi connectivity index (χ4n) is 3.96. The molecule has 0 spiro atoms. The summed E-state index contributed by atoms with van der Waals surface area (Å²) < 4.78 is 0. The lowest BCUT2D eigenvalue weighted by Gasteiger charge is -2.42. The minimum Gasteiger partial charge on any atom is -0.384 e. The Balaban J connectivity index is 2.12. The van der Waals surface area contributed by atoms with Crippen LogP contribution in [0.1, 0.15) is 80.0 Å². The van der Waals surface area contributed by atoms with Crippen LogP contribution < -0.4 is 0 Å². The molecule has 0 saturated carbocycles. The smallest absolute Gasteiger partial charge is 0.104 e. The molecule has 1 aliphatic rings. The van der Waals surface area contributed by atoms with Crippen molar-refractivity contribution in [1.82, 2.24) is 0 Å². The third kappa shape index (κ3) is 2.91. The van der Waals surface area contributed by atoms with Crippen LogP contribution >= 0.6 is 0 Å². The van der Waals surface area contributed by atoms with E-state index in [9.17, 15) is 5.11 Å². The van der Waals surface area contributed by atoms with Gasteiger partial charge >= 0.3 is 0 Å². The summed E-state index contributed by atoms with van der Waals surface area (Å²) in [5.41, 5.74) is 7.66. The molecule has 3 rings (SSSR count). The van der Waals surface area contributed by atoms with Gasteiger partial charge in [-0.05, 0) is 65.3 Å². The van der Waals surface area contributed by atoms with Gasteiger partial charge in [0.1, 0.15) is 6.10 Å². The zero-order chi connectivity index (χ0) is 17.7. The van der Waals surface area contributed by atoms with Gasteiger partial charge in [0.05, 0.1) is 0 Å². The van der Waals surface area contributed by atoms with Crippen molar-refractivity contribution in [1.29, 1.82) is 0 Å². The molecule has 0 radical (unpaired) electrons. The van der Waals surface area contributed by atoms with Crippen LogP contribution in [-0.4, -0.2) is 5.11 Å². The maximum Gasteiger partial charge on any atom is 0.104 e. The van der Waals surface area contributed by atoms with Crippen LogP contribution in [0.4, 0.5) is 0 Å². The maximum absolute atomic E-state index is 11.0. The lowest BCUT2D eigenvalue weighted by molar-refractivity contribution is 0.218. The molecular formula is C23H30O. The van der Waals surface area contributed by atoms with Crippen LogP contribution in [0.15, 0.2) is 36.4 Å². The molecule has 1 aliphatic carbocycles. The normalized spacial score (nSPS) is 19.6. The Kier molecular flexibility index (Phi) is 4.12. The van der Waals surface area contributed by atoms with Crippen LogP contribution in [0.5, 0.6) is 0 Å². The third-order valence-corrected chi connectivity index (χ3v) is 5.93. The van der Waals surface area contributed by atoms with Crippen molar-refractivity contribution < 1.29 is 5.11 Å². The summed E-state index contributed by atoms with van der Waals surface area (Å²) in [7, 11) is 0. The lowest BCUT2D eigenvalue weighted by Crippen LogP contribution is -2.34. The molecule has 0 aliphatic heterocycles.